The summed E-state index contributed by atoms with van der Waals surface area (Å²) in [7, 11) is -3.72. The van der Waals surface area contributed by atoms with Gasteiger partial charge in [0, 0.05) is 31.9 Å². The maximum Gasteiger partial charge on any atom is 0.244 e. The van der Waals surface area contributed by atoms with Gasteiger partial charge in [-0.15, -0.1) is 0 Å². The number of piperazine rings is 1. The zero-order valence-electron chi connectivity index (χ0n) is 14.5. The van der Waals surface area contributed by atoms with Crippen molar-refractivity contribution in [3.63, 3.8) is 0 Å². The lowest BCUT2D eigenvalue weighted by Gasteiger charge is -2.36. The molecule has 0 amide bonds. The molecule has 1 heterocycles. The Bertz CT molecular complexity index is 940. The second-order valence-electron chi connectivity index (χ2n) is 6.31. The number of nitrogens with zero attached hydrogens (tertiary/aromatic N) is 2. The van der Waals surface area contributed by atoms with Crippen LogP contribution in [0.5, 0.6) is 0 Å². The molecule has 1 aliphatic heterocycles. The summed E-state index contributed by atoms with van der Waals surface area (Å²) in [6.45, 7) is 6.15. The summed E-state index contributed by atoms with van der Waals surface area (Å²) in [5.41, 5.74) is 3.59. The SMILES string of the molecule is Cc1cccc(N2CCN(S(=O)(=O)c3cc(Cl)c(Cl)cc3Cl)CC2)c1C. The predicted octanol–water partition coefficient (Wildman–Crippen LogP) is 4.77. The summed E-state index contributed by atoms with van der Waals surface area (Å²) >= 11 is 18.0. The van der Waals surface area contributed by atoms with Gasteiger partial charge in [0.2, 0.25) is 10.0 Å². The molecule has 0 atom stereocenters. The van der Waals surface area contributed by atoms with Crippen LogP contribution in [-0.4, -0.2) is 38.9 Å². The number of anilines is 1. The second kappa shape index (κ2) is 7.56. The maximum absolute atomic E-state index is 13.0. The Kier molecular flexibility index (Phi) is 5.75. The van der Waals surface area contributed by atoms with E-state index in [1.165, 1.54) is 27.6 Å². The van der Waals surface area contributed by atoms with Crippen molar-refractivity contribution in [2.45, 2.75) is 18.7 Å². The van der Waals surface area contributed by atoms with Crippen molar-refractivity contribution in [3.8, 4) is 0 Å². The van der Waals surface area contributed by atoms with Gasteiger partial charge in [0.15, 0.2) is 0 Å². The zero-order chi connectivity index (χ0) is 19.1. The highest BCUT2D eigenvalue weighted by molar-refractivity contribution is 7.89. The molecule has 8 heteroatoms. The number of sulfonamides is 1. The highest BCUT2D eigenvalue weighted by atomic mass is 35.5. The van der Waals surface area contributed by atoms with Crippen LogP contribution in [0.2, 0.25) is 15.1 Å². The third-order valence-electron chi connectivity index (χ3n) is 4.75. The standard InChI is InChI=1S/C18H19Cl3N2O2S/c1-12-4-3-5-17(13(12)2)22-6-8-23(9-7-22)26(24,25)18-11-15(20)14(19)10-16(18)21/h3-5,10-11H,6-9H2,1-2H3. The molecule has 0 unspecified atom stereocenters. The molecule has 0 aromatic heterocycles. The Balaban J connectivity index is 1.81. The lowest BCUT2D eigenvalue weighted by molar-refractivity contribution is 0.385. The van der Waals surface area contributed by atoms with E-state index >= 15 is 0 Å². The Morgan fingerprint density at radius 2 is 1.50 bits per heavy atom. The molecular weight excluding hydrogens is 415 g/mol. The van der Waals surface area contributed by atoms with Gasteiger partial charge in [0.1, 0.15) is 4.90 Å². The van der Waals surface area contributed by atoms with Gasteiger partial charge in [-0.05, 0) is 43.2 Å². The third-order valence-corrected chi connectivity index (χ3v) is 7.83. The Hall–Kier alpha value is -0.980. The van der Waals surface area contributed by atoms with Crippen molar-refractivity contribution in [3.05, 3.63) is 56.5 Å². The van der Waals surface area contributed by atoms with Crippen LogP contribution < -0.4 is 4.90 Å². The fraction of sp³-hybridized carbons (Fsp3) is 0.333. The van der Waals surface area contributed by atoms with Crippen LogP contribution in [0.15, 0.2) is 35.2 Å². The largest absolute Gasteiger partial charge is 0.369 e. The Morgan fingerprint density at radius 3 is 2.15 bits per heavy atom. The van der Waals surface area contributed by atoms with Crippen LogP contribution in [0, 0.1) is 13.8 Å². The minimum Gasteiger partial charge on any atom is -0.369 e. The van der Waals surface area contributed by atoms with Gasteiger partial charge in [-0.3, -0.25) is 0 Å². The van der Waals surface area contributed by atoms with E-state index in [9.17, 15) is 8.42 Å². The lowest BCUT2D eigenvalue weighted by Crippen LogP contribution is -2.48. The van der Waals surface area contributed by atoms with Crippen LogP contribution in [0.25, 0.3) is 0 Å². The molecule has 0 radical (unpaired) electrons. The summed E-state index contributed by atoms with van der Waals surface area (Å²) in [6, 6.07) is 8.85. The predicted molar refractivity (Wildman–Crippen MR) is 108 cm³/mol. The van der Waals surface area contributed by atoms with Gasteiger partial charge in [-0.2, -0.15) is 4.31 Å². The van der Waals surface area contributed by atoms with E-state index in [0.717, 1.165) is 5.69 Å². The number of rotatable bonds is 3. The first-order valence-electron chi connectivity index (χ1n) is 8.17. The van der Waals surface area contributed by atoms with Crippen LogP contribution in [-0.2, 0) is 10.0 Å². The van der Waals surface area contributed by atoms with Gasteiger partial charge in [0.05, 0.1) is 15.1 Å². The van der Waals surface area contributed by atoms with E-state index in [2.05, 4.69) is 30.9 Å². The van der Waals surface area contributed by atoms with Crippen molar-refractivity contribution in [1.82, 2.24) is 4.31 Å². The topological polar surface area (TPSA) is 40.6 Å². The molecule has 140 valence electrons. The Labute approximate surface area is 169 Å². The quantitative estimate of drug-likeness (QED) is 0.654. The summed E-state index contributed by atoms with van der Waals surface area (Å²) in [5.74, 6) is 0. The van der Waals surface area contributed by atoms with Gasteiger partial charge in [-0.1, -0.05) is 46.9 Å². The molecular formula is C18H19Cl3N2O2S. The Morgan fingerprint density at radius 1 is 0.885 bits per heavy atom. The molecule has 26 heavy (non-hydrogen) atoms. The van der Waals surface area contributed by atoms with Crippen LogP contribution in [0.3, 0.4) is 0 Å². The number of halogens is 3. The summed E-state index contributed by atoms with van der Waals surface area (Å²) < 4.78 is 27.4. The molecule has 0 bridgehead atoms. The van der Waals surface area contributed by atoms with E-state index in [1.54, 1.807) is 0 Å². The fourth-order valence-corrected chi connectivity index (χ4v) is 5.49. The lowest BCUT2D eigenvalue weighted by atomic mass is 10.1. The molecule has 1 saturated heterocycles. The van der Waals surface area contributed by atoms with E-state index in [4.69, 9.17) is 34.8 Å². The molecule has 0 spiro atoms. The number of hydrogen-bond donors (Lipinski definition) is 0. The summed E-state index contributed by atoms with van der Waals surface area (Å²) in [5, 5.41) is 0.482. The molecule has 2 aromatic rings. The fourth-order valence-electron chi connectivity index (χ4n) is 3.09. The summed E-state index contributed by atoms with van der Waals surface area (Å²) in [4.78, 5) is 2.21. The van der Waals surface area contributed by atoms with E-state index in [0.29, 0.717) is 26.2 Å². The maximum atomic E-state index is 13.0. The van der Waals surface area contributed by atoms with Crippen LogP contribution in [0.1, 0.15) is 11.1 Å². The van der Waals surface area contributed by atoms with Gasteiger partial charge in [0.25, 0.3) is 0 Å². The number of hydrogen-bond acceptors (Lipinski definition) is 3. The molecule has 0 saturated carbocycles. The van der Waals surface area contributed by atoms with Crippen molar-refractivity contribution >= 4 is 50.5 Å². The van der Waals surface area contributed by atoms with Gasteiger partial charge < -0.3 is 4.90 Å². The molecule has 2 aromatic carbocycles. The average molecular weight is 434 g/mol. The number of aryl methyl sites for hydroxylation is 1. The normalized spacial score (nSPS) is 16.1. The van der Waals surface area contributed by atoms with Gasteiger partial charge in [-0.25, -0.2) is 8.42 Å². The zero-order valence-corrected chi connectivity index (χ0v) is 17.6. The minimum absolute atomic E-state index is 0.00578. The van der Waals surface area contributed by atoms with E-state index in [1.807, 2.05) is 6.07 Å². The number of benzene rings is 2. The van der Waals surface area contributed by atoms with Gasteiger partial charge >= 0.3 is 0 Å². The molecule has 0 aliphatic carbocycles. The molecule has 4 nitrogen and oxygen atoms in total. The van der Waals surface area contributed by atoms with Crippen molar-refractivity contribution in [2.75, 3.05) is 31.1 Å². The molecule has 1 fully saturated rings. The van der Waals surface area contributed by atoms with Crippen molar-refractivity contribution in [2.24, 2.45) is 0 Å². The first-order chi connectivity index (χ1) is 12.2. The first-order valence-corrected chi connectivity index (χ1v) is 10.7. The second-order valence-corrected chi connectivity index (χ2v) is 9.43. The molecule has 0 N–H and O–H groups in total. The minimum atomic E-state index is -3.72. The first kappa shape index (κ1) is 19.8. The van der Waals surface area contributed by atoms with E-state index in [-0.39, 0.29) is 20.0 Å². The van der Waals surface area contributed by atoms with Crippen molar-refractivity contribution < 1.29 is 8.42 Å². The highest BCUT2D eigenvalue weighted by Gasteiger charge is 2.31. The molecule has 3 rings (SSSR count). The highest BCUT2D eigenvalue weighted by Crippen LogP contribution is 2.34. The monoisotopic (exact) mass is 432 g/mol. The van der Waals surface area contributed by atoms with Crippen molar-refractivity contribution in [1.29, 1.82) is 0 Å². The van der Waals surface area contributed by atoms with Crippen LogP contribution in [0.4, 0.5) is 5.69 Å². The van der Waals surface area contributed by atoms with Crippen LogP contribution >= 0.6 is 34.8 Å². The van der Waals surface area contributed by atoms with E-state index < -0.39 is 10.0 Å². The third kappa shape index (κ3) is 3.69. The summed E-state index contributed by atoms with van der Waals surface area (Å²) in [6.07, 6.45) is 0. The smallest absolute Gasteiger partial charge is 0.244 e. The average Bonchev–Trinajstić information content (AvgIpc) is 2.60. The molecule has 1 aliphatic rings.